The number of thioether (sulfide) groups is 1. The summed E-state index contributed by atoms with van der Waals surface area (Å²) in [6, 6.07) is 9.49. The van der Waals surface area contributed by atoms with Crippen LogP contribution in [-0.4, -0.2) is 65.3 Å². The van der Waals surface area contributed by atoms with Crippen molar-refractivity contribution >= 4 is 29.3 Å². The first-order valence-electron chi connectivity index (χ1n) is 9.07. The van der Waals surface area contributed by atoms with Crippen LogP contribution in [0.5, 0.6) is 0 Å². The Morgan fingerprint density at radius 3 is 2.48 bits per heavy atom. The molecular formula is C19H29N3O2S. The van der Waals surface area contributed by atoms with Gasteiger partial charge in [-0.2, -0.15) is 0 Å². The third-order valence-corrected chi connectivity index (χ3v) is 5.55. The zero-order valence-corrected chi connectivity index (χ0v) is 16.1. The van der Waals surface area contributed by atoms with E-state index in [0.717, 1.165) is 37.4 Å². The molecular weight excluding hydrogens is 334 g/mol. The molecule has 0 radical (unpaired) electrons. The molecule has 2 amide bonds. The van der Waals surface area contributed by atoms with E-state index in [0.29, 0.717) is 19.6 Å². The average molecular weight is 364 g/mol. The smallest absolute Gasteiger partial charge is 0.238 e. The topological polar surface area (TPSA) is 52.7 Å². The highest BCUT2D eigenvalue weighted by atomic mass is 32.2. The van der Waals surface area contributed by atoms with Gasteiger partial charge in [0, 0.05) is 31.9 Å². The number of hydrogen-bond donors (Lipinski definition) is 1. The molecule has 0 saturated carbocycles. The molecule has 6 heteroatoms. The van der Waals surface area contributed by atoms with E-state index >= 15 is 0 Å². The standard InChI is InChI=1S/C19H29N3O2S/c1-3-4-14-25-16(2)19(24)22-12-10-21(11-13-22)15-18(23)20-17-8-6-5-7-9-17/h5-9,16H,3-4,10-15H2,1-2H3,(H,20,23). The Hall–Kier alpha value is -1.53. The maximum Gasteiger partial charge on any atom is 0.238 e. The molecule has 0 aliphatic carbocycles. The van der Waals surface area contributed by atoms with Gasteiger partial charge in [-0.25, -0.2) is 0 Å². The van der Waals surface area contributed by atoms with Crippen molar-refractivity contribution in [3.63, 3.8) is 0 Å². The molecule has 1 aliphatic rings. The van der Waals surface area contributed by atoms with Gasteiger partial charge in [0.25, 0.3) is 0 Å². The van der Waals surface area contributed by atoms with E-state index in [2.05, 4.69) is 17.1 Å². The maximum atomic E-state index is 12.5. The minimum Gasteiger partial charge on any atom is -0.339 e. The van der Waals surface area contributed by atoms with Crippen molar-refractivity contribution in [2.75, 3.05) is 43.8 Å². The van der Waals surface area contributed by atoms with E-state index in [1.165, 1.54) is 0 Å². The summed E-state index contributed by atoms with van der Waals surface area (Å²) in [5.74, 6) is 1.27. The highest BCUT2D eigenvalue weighted by Crippen LogP contribution is 2.16. The minimum atomic E-state index is -0.00512. The molecule has 0 bridgehead atoms. The second-order valence-electron chi connectivity index (χ2n) is 6.38. The summed E-state index contributed by atoms with van der Waals surface area (Å²) in [5, 5.41) is 2.93. The quantitative estimate of drug-likeness (QED) is 0.722. The third kappa shape index (κ3) is 6.71. The van der Waals surface area contributed by atoms with Gasteiger partial charge in [-0.15, -0.1) is 11.8 Å². The van der Waals surface area contributed by atoms with E-state index in [4.69, 9.17) is 0 Å². The summed E-state index contributed by atoms with van der Waals surface area (Å²) in [5.41, 5.74) is 0.819. The van der Waals surface area contributed by atoms with Crippen molar-refractivity contribution < 1.29 is 9.59 Å². The van der Waals surface area contributed by atoms with Crippen LogP contribution in [0.1, 0.15) is 26.7 Å². The first kappa shape index (κ1) is 19.8. The van der Waals surface area contributed by atoms with E-state index in [1.807, 2.05) is 42.2 Å². The van der Waals surface area contributed by atoms with Crippen LogP contribution in [0.4, 0.5) is 5.69 Å². The number of unbranched alkanes of at least 4 members (excludes halogenated alkanes) is 1. The Kier molecular flexibility index (Phi) is 8.28. The van der Waals surface area contributed by atoms with Gasteiger partial charge in [-0.1, -0.05) is 31.5 Å². The molecule has 5 nitrogen and oxygen atoms in total. The predicted octanol–water partition coefficient (Wildman–Crippen LogP) is 2.69. The number of piperazine rings is 1. The summed E-state index contributed by atoms with van der Waals surface area (Å²) in [4.78, 5) is 28.6. The number of benzene rings is 1. The zero-order chi connectivity index (χ0) is 18.1. The highest BCUT2D eigenvalue weighted by molar-refractivity contribution is 8.00. The van der Waals surface area contributed by atoms with Crippen molar-refractivity contribution in [3.05, 3.63) is 30.3 Å². The Balaban J connectivity index is 1.70. The van der Waals surface area contributed by atoms with Crippen molar-refractivity contribution in [2.24, 2.45) is 0 Å². The van der Waals surface area contributed by atoms with Gasteiger partial charge in [0.2, 0.25) is 11.8 Å². The molecule has 0 aromatic heterocycles. The molecule has 1 N–H and O–H groups in total. The van der Waals surface area contributed by atoms with Crippen LogP contribution < -0.4 is 5.32 Å². The van der Waals surface area contributed by atoms with Crippen LogP contribution in [0.2, 0.25) is 0 Å². The number of anilines is 1. The summed E-state index contributed by atoms with van der Waals surface area (Å²) in [6.45, 7) is 7.45. The van der Waals surface area contributed by atoms with Gasteiger partial charge in [-0.05, 0) is 31.2 Å². The monoisotopic (exact) mass is 363 g/mol. The molecule has 25 heavy (non-hydrogen) atoms. The molecule has 0 spiro atoms. The first-order chi connectivity index (χ1) is 12.1. The second-order valence-corrected chi connectivity index (χ2v) is 7.83. The van der Waals surface area contributed by atoms with E-state index in [1.54, 1.807) is 11.8 Å². The Morgan fingerprint density at radius 1 is 1.16 bits per heavy atom. The summed E-state index contributed by atoms with van der Waals surface area (Å²) in [7, 11) is 0. The van der Waals surface area contributed by atoms with Crippen molar-refractivity contribution in [1.82, 2.24) is 9.80 Å². The van der Waals surface area contributed by atoms with Crippen LogP contribution in [0.25, 0.3) is 0 Å². The van der Waals surface area contributed by atoms with Gasteiger partial charge in [0.15, 0.2) is 0 Å². The van der Waals surface area contributed by atoms with E-state index < -0.39 is 0 Å². The molecule has 1 aromatic carbocycles. The molecule has 1 aromatic rings. The van der Waals surface area contributed by atoms with Gasteiger partial charge in [0.05, 0.1) is 11.8 Å². The van der Waals surface area contributed by atoms with Crippen LogP contribution in [0, 0.1) is 0 Å². The number of nitrogens with zero attached hydrogens (tertiary/aromatic N) is 2. The molecule has 1 saturated heterocycles. The SMILES string of the molecule is CCCCSC(C)C(=O)N1CCN(CC(=O)Nc2ccccc2)CC1. The number of amides is 2. The summed E-state index contributed by atoms with van der Waals surface area (Å²) < 4.78 is 0. The average Bonchev–Trinajstić information content (AvgIpc) is 2.62. The number of carbonyl (C=O) groups is 2. The van der Waals surface area contributed by atoms with Crippen LogP contribution in [0.3, 0.4) is 0 Å². The highest BCUT2D eigenvalue weighted by Gasteiger charge is 2.25. The summed E-state index contributed by atoms with van der Waals surface area (Å²) in [6.07, 6.45) is 2.32. The molecule has 1 aliphatic heterocycles. The normalized spacial score (nSPS) is 16.5. The van der Waals surface area contributed by atoms with E-state index in [9.17, 15) is 9.59 Å². The lowest BCUT2D eigenvalue weighted by atomic mass is 10.2. The fraction of sp³-hybridized carbons (Fsp3) is 0.579. The summed E-state index contributed by atoms with van der Waals surface area (Å²) >= 11 is 1.75. The number of rotatable bonds is 8. The first-order valence-corrected chi connectivity index (χ1v) is 10.1. The lowest BCUT2D eigenvalue weighted by Gasteiger charge is -2.35. The maximum absolute atomic E-state index is 12.5. The number of nitrogens with one attached hydrogen (secondary N) is 1. The Bertz CT molecular complexity index is 545. The van der Waals surface area contributed by atoms with Crippen LogP contribution in [-0.2, 0) is 9.59 Å². The number of hydrogen-bond acceptors (Lipinski definition) is 4. The van der Waals surface area contributed by atoms with Gasteiger partial charge in [0.1, 0.15) is 0 Å². The number of para-hydroxylation sites is 1. The minimum absolute atomic E-state index is 0.00512. The fourth-order valence-corrected chi connectivity index (χ4v) is 3.88. The Labute approximate surface area is 155 Å². The molecule has 2 rings (SSSR count). The molecule has 1 fully saturated rings. The van der Waals surface area contributed by atoms with Crippen LogP contribution >= 0.6 is 11.8 Å². The third-order valence-electron chi connectivity index (χ3n) is 4.32. The van der Waals surface area contributed by atoms with Crippen molar-refractivity contribution in [1.29, 1.82) is 0 Å². The van der Waals surface area contributed by atoms with Crippen molar-refractivity contribution in [3.8, 4) is 0 Å². The fourth-order valence-electron chi connectivity index (χ4n) is 2.78. The Morgan fingerprint density at radius 2 is 1.84 bits per heavy atom. The van der Waals surface area contributed by atoms with E-state index in [-0.39, 0.29) is 17.1 Å². The molecule has 138 valence electrons. The predicted molar refractivity (Wildman–Crippen MR) is 105 cm³/mol. The van der Waals surface area contributed by atoms with Gasteiger partial charge in [-0.3, -0.25) is 14.5 Å². The van der Waals surface area contributed by atoms with Gasteiger partial charge < -0.3 is 10.2 Å². The largest absolute Gasteiger partial charge is 0.339 e. The van der Waals surface area contributed by atoms with Crippen LogP contribution in [0.15, 0.2) is 30.3 Å². The number of carbonyl (C=O) groups excluding carboxylic acids is 2. The molecule has 1 unspecified atom stereocenters. The molecule has 1 heterocycles. The van der Waals surface area contributed by atoms with Gasteiger partial charge >= 0.3 is 0 Å². The second kappa shape index (κ2) is 10.5. The zero-order valence-electron chi connectivity index (χ0n) is 15.2. The lowest BCUT2D eigenvalue weighted by molar-refractivity contribution is -0.132. The van der Waals surface area contributed by atoms with Crippen molar-refractivity contribution in [2.45, 2.75) is 31.9 Å². The molecule has 1 atom stereocenters. The lowest BCUT2D eigenvalue weighted by Crippen LogP contribution is -2.52.